The Bertz CT molecular complexity index is 265. The zero-order chi connectivity index (χ0) is 9.10. The fraction of sp³-hybridized carbons (Fsp3) is 0.400. The zero-order valence-corrected chi connectivity index (χ0v) is 7.92. The summed E-state index contributed by atoms with van der Waals surface area (Å²) in [7, 11) is 0.192. The first kappa shape index (κ1) is 8.48. The lowest BCUT2D eigenvalue weighted by Crippen LogP contribution is -2.25. The summed E-state index contributed by atoms with van der Waals surface area (Å²) in [5, 5.41) is 3.35. The van der Waals surface area contributed by atoms with Crippen LogP contribution >= 0.6 is 0 Å². The van der Waals surface area contributed by atoms with Crippen LogP contribution < -0.4 is 9.88 Å². The van der Waals surface area contributed by atoms with E-state index in [0.29, 0.717) is 0 Å². The second-order valence-electron chi connectivity index (χ2n) is 3.39. The number of nitrogens with one attached hydrogen (secondary N) is 1. The molecule has 0 aromatic heterocycles. The number of benzene rings is 1. The number of unbranched alkanes of at least 4 members (excludes halogenated alkanes) is 1. The molecular weight excluding hydrogens is 161 g/mol. The largest absolute Gasteiger partial charge is 0.540 e. The fourth-order valence-corrected chi connectivity index (χ4v) is 1.57. The maximum Gasteiger partial charge on any atom is 0.480 e. The van der Waals surface area contributed by atoms with Crippen LogP contribution in [0.5, 0.6) is 5.75 Å². The van der Waals surface area contributed by atoms with E-state index in [9.17, 15) is 0 Å². The molecule has 0 spiro atoms. The van der Waals surface area contributed by atoms with Crippen molar-refractivity contribution in [1.29, 1.82) is 0 Å². The molecule has 2 nitrogen and oxygen atoms in total. The Kier molecular flexibility index (Phi) is 2.43. The van der Waals surface area contributed by atoms with Crippen LogP contribution in [0.15, 0.2) is 24.3 Å². The summed E-state index contributed by atoms with van der Waals surface area (Å²) in [5.74, 6) is 0.989. The Morgan fingerprint density at radius 3 is 3.00 bits per heavy atom. The molecule has 1 N–H and O–H groups in total. The first-order valence-corrected chi connectivity index (χ1v) is 4.92. The van der Waals surface area contributed by atoms with Crippen LogP contribution in [0, 0.1) is 0 Å². The lowest BCUT2D eigenvalue weighted by Gasteiger charge is -2.03. The lowest BCUT2D eigenvalue weighted by molar-refractivity contribution is 0.586. The normalized spacial score (nSPS) is 13.5. The highest BCUT2D eigenvalue weighted by molar-refractivity contribution is 6.58. The predicted molar refractivity (Wildman–Crippen MR) is 56.2 cm³/mol. The topological polar surface area (TPSA) is 21.3 Å². The third kappa shape index (κ3) is 1.79. The molecule has 3 heteroatoms. The number of hydrogen-bond donors (Lipinski definition) is 1. The van der Waals surface area contributed by atoms with Crippen molar-refractivity contribution in [3.63, 3.8) is 0 Å². The van der Waals surface area contributed by atoms with Gasteiger partial charge in [0, 0.05) is 0 Å². The van der Waals surface area contributed by atoms with Gasteiger partial charge in [0.2, 0.25) is 0 Å². The van der Waals surface area contributed by atoms with Crippen LogP contribution in [0.25, 0.3) is 0 Å². The quantitative estimate of drug-likeness (QED) is 0.713. The number of anilines is 1. The van der Waals surface area contributed by atoms with E-state index in [1.165, 1.54) is 12.8 Å². The molecule has 1 heterocycles. The number of hydrogen-bond acceptors (Lipinski definition) is 2. The van der Waals surface area contributed by atoms with Crippen LogP contribution in [0.4, 0.5) is 5.69 Å². The predicted octanol–water partition coefficient (Wildman–Crippen LogP) is 2.78. The maximum absolute atomic E-state index is 5.70. The molecule has 0 saturated carbocycles. The summed E-state index contributed by atoms with van der Waals surface area (Å²) in [6.07, 6.45) is 3.52. The molecule has 1 aromatic carbocycles. The molecule has 0 aliphatic carbocycles. The summed E-state index contributed by atoms with van der Waals surface area (Å²) >= 11 is 0. The van der Waals surface area contributed by atoms with Crippen molar-refractivity contribution in [2.75, 3.05) is 5.23 Å². The SMILES string of the molecule is CCCCB1Nc2ccccc2O1. The second-order valence-corrected chi connectivity index (χ2v) is 3.39. The van der Waals surface area contributed by atoms with Gasteiger partial charge in [0.1, 0.15) is 5.75 Å². The molecule has 0 radical (unpaired) electrons. The standard InChI is InChI=1S/C10H14BNO/c1-2-3-8-11-12-9-6-4-5-7-10(9)13-11/h4-7,12H,2-3,8H2,1H3. The van der Waals surface area contributed by atoms with Crippen molar-refractivity contribution in [3.05, 3.63) is 24.3 Å². The second kappa shape index (κ2) is 3.73. The van der Waals surface area contributed by atoms with E-state index in [2.05, 4.69) is 18.2 Å². The van der Waals surface area contributed by atoms with Crippen molar-refractivity contribution in [2.24, 2.45) is 0 Å². The van der Waals surface area contributed by atoms with Crippen molar-refractivity contribution in [2.45, 2.75) is 26.1 Å². The van der Waals surface area contributed by atoms with Crippen molar-refractivity contribution in [1.82, 2.24) is 0 Å². The molecule has 2 rings (SSSR count). The molecule has 13 heavy (non-hydrogen) atoms. The maximum atomic E-state index is 5.70. The van der Waals surface area contributed by atoms with Crippen molar-refractivity contribution in [3.8, 4) is 5.75 Å². The number of rotatable bonds is 3. The molecule has 0 unspecified atom stereocenters. The highest BCUT2D eigenvalue weighted by Gasteiger charge is 2.26. The van der Waals surface area contributed by atoms with Gasteiger partial charge in [0.15, 0.2) is 0 Å². The Hall–Kier alpha value is -1.12. The van der Waals surface area contributed by atoms with Crippen molar-refractivity contribution < 1.29 is 4.65 Å². The third-order valence-electron chi connectivity index (χ3n) is 2.29. The minimum atomic E-state index is 0.192. The van der Waals surface area contributed by atoms with Gasteiger partial charge in [0.05, 0.1) is 5.69 Å². The molecule has 0 amide bonds. The van der Waals surface area contributed by atoms with Crippen LogP contribution in [-0.2, 0) is 0 Å². The van der Waals surface area contributed by atoms with Gasteiger partial charge in [-0.25, -0.2) is 0 Å². The van der Waals surface area contributed by atoms with Gasteiger partial charge in [-0.15, -0.1) is 0 Å². The lowest BCUT2D eigenvalue weighted by atomic mass is 9.77. The Labute approximate surface area is 79.4 Å². The first-order valence-electron chi connectivity index (χ1n) is 4.92. The average molecular weight is 175 g/mol. The van der Waals surface area contributed by atoms with Gasteiger partial charge in [0.25, 0.3) is 0 Å². The molecule has 68 valence electrons. The highest BCUT2D eigenvalue weighted by Crippen LogP contribution is 2.30. The van der Waals surface area contributed by atoms with E-state index in [-0.39, 0.29) is 7.05 Å². The van der Waals surface area contributed by atoms with Crippen LogP contribution in [-0.4, -0.2) is 7.05 Å². The third-order valence-corrected chi connectivity index (χ3v) is 2.29. The smallest absolute Gasteiger partial charge is 0.480 e. The first-order chi connectivity index (χ1) is 6.40. The van der Waals surface area contributed by atoms with E-state index in [0.717, 1.165) is 17.8 Å². The van der Waals surface area contributed by atoms with Gasteiger partial charge in [-0.05, 0) is 18.5 Å². The van der Waals surface area contributed by atoms with E-state index in [4.69, 9.17) is 4.65 Å². The zero-order valence-electron chi connectivity index (χ0n) is 7.92. The van der Waals surface area contributed by atoms with Gasteiger partial charge in [-0.2, -0.15) is 0 Å². The Morgan fingerprint density at radius 2 is 2.23 bits per heavy atom. The Morgan fingerprint density at radius 1 is 1.38 bits per heavy atom. The van der Waals surface area contributed by atoms with Gasteiger partial charge in [-0.3, -0.25) is 0 Å². The molecule has 0 fully saturated rings. The summed E-state index contributed by atoms with van der Waals surface area (Å²) in [6, 6.07) is 8.09. The van der Waals surface area contributed by atoms with Crippen LogP contribution in [0.1, 0.15) is 19.8 Å². The van der Waals surface area contributed by atoms with Gasteiger partial charge >= 0.3 is 7.05 Å². The fourth-order valence-electron chi connectivity index (χ4n) is 1.57. The van der Waals surface area contributed by atoms with E-state index < -0.39 is 0 Å². The van der Waals surface area contributed by atoms with Crippen molar-refractivity contribution >= 4 is 12.7 Å². The molecule has 0 bridgehead atoms. The van der Waals surface area contributed by atoms with Gasteiger partial charge < -0.3 is 9.88 Å². The minimum Gasteiger partial charge on any atom is -0.540 e. The summed E-state index contributed by atoms with van der Waals surface area (Å²) in [6.45, 7) is 2.20. The summed E-state index contributed by atoms with van der Waals surface area (Å²) < 4.78 is 5.70. The highest BCUT2D eigenvalue weighted by atomic mass is 16.5. The number of fused-ring (bicyclic) bond motifs is 1. The summed E-state index contributed by atoms with van der Waals surface area (Å²) in [5.41, 5.74) is 1.13. The molecule has 1 aromatic rings. The number of para-hydroxylation sites is 2. The molecule has 1 aliphatic heterocycles. The minimum absolute atomic E-state index is 0.192. The van der Waals surface area contributed by atoms with E-state index in [1.54, 1.807) is 0 Å². The average Bonchev–Trinajstić information content (AvgIpc) is 2.57. The van der Waals surface area contributed by atoms with Crippen LogP contribution in [0.2, 0.25) is 6.32 Å². The van der Waals surface area contributed by atoms with Crippen LogP contribution in [0.3, 0.4) is 0 Å². The van der Waals surface area contributed by atoms with E-state index >= 15 is 0 Å². The molecule has 0 atom stereocenters. The molecule has 0 saturated heterocycles. The molecule has 1 aliphatic rings. The summed E-state index contributed by atoms with van der Waals surface area (Å²) in [4.78, 5) is 0. The van der Waals surface area contributed by atoms with Gasteiger partial charge in [-0.1, -0.05) is 31.9 Å². The van der Waals surface area contributed by atoms with E-state index in [1.807, 2.05) is 18.2 Å². The Balaban J connectivity index is 1.97. The monoisotopic (exact) mass is 175 g/mol. The molecular formula is C10H14BNO.